The molecular formula is C17H27N3. The SMILES string of the molecule is Cc1cccc(N2CCN(C3CCCNC3)CC2)c1C. The molecule has 3 nitrogen and oxygen atoms in total. The highest BCUT2D eigenvalue weighted by molar-refractivity contribution is 5.56. The van der Waals surface area contributed by atoms with Crippen LogP contribution in [0.15, 0.2) is 18.2 Å². The molecule has 0 amide bonds. The molecule has 1 N–H and O–H groups in total. The number of nitrogens with zero attached hydrogens (tertiary/aromatic N) is 2. The highest BCUT2D eigenvalue weighted by Gasteiger charge is 2.25. The standard InChI is InChI=1S/C17H27N3/c1-14-5-3-7-17(15(14)2)20-11-9-19(10-12-20)16-6-4-8-18-13-16/h3,5,7,16,18H,4,6,8-13H2,1-2H3. The van der Waals surface area contributed by atoms with Gasteiger partial charge in [0.25, 0.3) is 0 Å². The van der Waals surface area contributed by atoms with E-state index >= 15 is 0 Å². The van der Waals surface area contributed by atoms with Crippen LogP contribution >= 0.6 is 0 Å². The second-order valence-corrected chi connectivity index (χ2v) is 6.24. The van der Waals surface area contributed by atoms with Crippen molar-refractivity contribution in [2.24, 2.45) is 0 Å². The molecule has 3 heteroatoms. The summed E-state index contributed by atoms with van der Waals surface area (Å²) < 4.78 is 0. The Labute approximate surface area is 123 Å². The van der Waals surface area contributed by atoms with E-state index in [4.69, 9.17) is 0 Å². The molecule has 2 fully saturated rings. The number of piperidine rings is 1. The smallest absolute Gasteiger partial charge is 0.0399 e. The zero-order chi connectivity index (χ0) is 13.9. The molecule has 2 saturated heterocycles. The Bertz CT molecular complexity index is 444. The van der Waals surface area contributed by atoms with Crippen molar-refractivity contribution in [2.45, 2.75) is 32.7 Å². The predicted octanol–water partition coefficient (Wildman–Crippen LogP) is 2.18. The first-order chi connectivity index (χ1) is 9.75. The predicted molar refractivity (Wildman–Crippen MR) is 85.6 cm³/mol. The van der Waals surface area contributed by atoms with Crippen molar-refractivity contribution in [2.75, 3.05) is 44.2 Å². The Morgan fingerprint density at radius 1 is 1.10 bits per heavy atom. The van der Waals surface area contributed by atoms with Gasteiger partial charge in [0, 0.05) is 44.5 Å². The highest BCUT2D eigenvalue weighted by atomic mass is 15.3. The number of nitrogens with one attached hydrogen (secondary N) is 1. The molecule has 110 valence electrons. The number of anilines is 1. The molecule has 20 heavy (non-hydrogen) atoms. The monoisotopic (exact) mass is 273 g/mol. The van der Waals surface area contributed by atoms with Crippen molar-refractivity contribution in [1.82, 2.24) is 10.2 Å². The van der Waals surface area contributed by atoms with Crippen LogP contribution in [-0.4, -0.2) is 50.2 Å². The maximum Gasteiger partial charge on any atom is 0.0399 e. The van der Waals surface area contributed by atoms with Gasteiger partial charge in [-0.1, -0.05) is 12.1 Å². The lowest BCUT2D eigenvalue weighted by atomic mass is 10.0. The van der Waals surface area contributed by atoms with Crippen LogP contribution in [-0.2, 0) is 0 Å². The fourth-order valence-electron chi connectivity index (χ4n) is 3.55. The number of hydrogen-bond donors (Lipinski definition) is 1. The minimum atomic E-state index is 0.768. The molecule has 0 radical (unpaired) electrons. The fraction of sp³-hybridized carbons (Fsp3) is 0.647. The summed E-state index contributed by atoms with van der Waals surface area (Å²) in [7, 11) is 0. The molecule has 1 aromatic rings. The van der Waals surface area contributed by atoms with Crippen LogP contribution in [0.5, 0.6) is 0 Å². The zero-order valence-corrected chi connectivity index (χ0v) is 12.9. The molecule has 1 aromatic carbocycles. The molecule has 1 atom stereocenters. The van der Waals surface area contributed by atoms with Gasteiger partial charge in [0.15, 0.2) is 0 Å². The summed E-state index contributed by atoms with van der Waals surface area (Å²) in [5.41, 5.74) is 4.29. The molecule has 0 saturated carbocycles. The van der Waals surface area contributed by atoms with E-state index in [9.17, 15) is 0 Å². The van der Waals surface area contributed by atoms with Crippen LogP contribution in [0.3, 0.4) is 0 Å². The minimum absolute atomic E-state index is 0.768. The molecule has 2 aliphatic heterocycles. The normalized spacial score (nSPS) is 24.9. The van der Waals surface area contributed by atoms with Gasteiger partial charge in [-0.2, -0.15) is 0 Å². The van der Waals surface area contributed by atoms with E-state index in [0.29, 0.717) is 0 Å². The van der Waals surface area contributed by atoms with Gasteiger partial charge in [0.05, 0.1) is 0 Å². The average molecular weight is 273 g/mol. The summed E-state index contributed by atoms with van der Waals surface area (Å²) in [6.45, 7) is 11.6. The second kappa shape index (κ2) is 6.15. The van der Waals surface area contributed by atoms with Gasteiger partial charge in [-0.25, -0.2) is 0 Å². The Morgan fingerprint density at radius 3 is 2.60 bits per heavy atom. The summed E-state index contributed by atoms with van der Waals surface area (Å²) in [6.07, 6.45) is 2.71. The van der Waals surface area contributed by atoms with E-state index in [2.05, 4.69) is 47.2 Å². The second-order valence-electron chi connectivity index (χ2n) is 6.24. The number of hydrogen-bond acceptors (Lipinski definition) is 3. The Kier molecular flexibility index (Phi) is 4.27. The molecule has 2 aliphatic rings. The molecule has 0 aromatic heterocycles. The van der Waals surface area contributed by atoms with E-state index < -0.39 is 0 Å². The molecule has 0 spiro atoms. The van der Waals surface area contributed by atoms with Crippen molar-refractivity contribution in [3.63, 3.8) is 0 Å². The minimum Gasteiger partial charge on any atom is -0.369 e. The van der Waals surface area contributed by atoms with Gasteiger partial charge in [-0.3, -0.25) is 4.90 Å². The Balaban J connectivity index is 1.62. The first-order valence-corrected chi connectivity index (χ1v) is 8.01. The molecular weight excluding hydrogens is 246 g/mol. The number of aryl methyl sites for hydroxylation is 1. The van der Waals surface area contributed by atoms with Gasteiger partial charge in [-0.15, -0.1) is 0 Å². The number of rotatable bonds is 2. The molecule has 1 unspecified atom stereocenters. The first-order valence-electron chi connectivity index (χ1n) is 8.01. The summed E-state index contributed by atoms with van der Waals surface area (Å²) in [5.74, 6) is 0. The zero-order valence-electron chi connectivity index (χ0n) is 12.9. The molecule has 0 aliphatic carbocycles. The van der Waals surface area contributed by atoms with Crippen LogP contribution in [0.25, 0.3) is 0 Å². The summed E-state index contributed by atoms with van der Waals surface area (Å²) in [4.78, 5) is 5.25. The van der Waals surface area contributed by atoms with Crippen molar-refractivity contribution in [3.8, 4) is 0 Å². The van der Waals surface area contributed by atoms with Crippen molar-refractivity contribution >= 4 is 5.69 Å². The maximum atomic E-state index is 3.54. The Hall–Kier alpha value is -1.06. The molecule has 2 heterocycles. The lowest BCUT2D eigenvalue weighted by Gasteiger charge is -2.42. The lowest BCUT2D eigenvalue weighted by Crippen LogP contribution is -2.54. The number of benzene rings is 1. The van der Waals surface area contributed by atoms with Gasteiger partial charge < -0.3 is 10.2 Å². The van der Waals surface area contributed by atoms with E-state index in [1.54, 1.807) is 0 Å². The van der Waals surface area contributed by atoms with Gasteiger partial charge >= 0.3 is 0 Å². The van der Waals surface area contributed by atoms with E-state index in [-0.39, 0.29) is 0 Å². The van der Waals surface area contributed by atoms with Gasteiger partial charge in [-0.05, 0) is 50.4 Å². The third-order valence-corrected chi connectivity index (χ3v) is 5.02. The maximum absolute atomic E-state index is 3.54. The first kappa shape index (κ1) is 13.9. The lowest BCUT2D eigenvalue weighted by molar-refractivity contribution is 0.157. The molecule has 0 bridgehead atoms. The molecule has 3 rings (SSSR count). The van der Waals surface area contributed by atoms with Crippen molar-refractivity contribution < 1.29 is 0 Å². The van der Waals surface area contributed by atoms with E-state index in [1.165, 1.54) is 68.9 Å². The average Bonchev–Trinajstić information content (AvgIpc) is 2.51. The Morgan fingerprint density at radius 2 is 1.90 bits per heavy atom. The number of piperazine rings is 1. The summed E-state index contributed by atoms with van der Waals surface area (Å²) in [6, 6.07) is 7.45. The van der Waals surface area contributed by atoms with Crippen LogP contribution in [0, 0.1) is 13.8 Å². The fourth-order valence-corrected chi connectivity index (χ4v) is 3.55. The third kappa shape index (κ3) is 2.84. The van der Waals surface area contributed by atoms with Crippen LogP contribution in [0.1, 0.15) is 24.0 Å². The van der Waals surface area contributed by atoms with Crippen molar-refractivity contribution in [1.29, 1.82) is 0 Å². The topological polar surface area (TPSA) is 18.5 Å². The van der Waals surface area contributed by atoms with Crippen molar-refractivity contribution in [3.05, 3.63) is 29.3 Å². The highest BCUT2D eigenvalue weighted by Crippen LogP contribution is 2.24. The van der Waals surface area contributed by atoms with Crippen LogP contribution < -0.4 is 10.2 Å². The summed E-state index contributed by atoms with van der Waals surface area (Å²) >= 11 is 0. The summed E-state index contributed by atoms with van der Waals surface area (Å²) in [5, 5.41) is 3.54. The van der Waals surface area contributed by atoms with Crippen LogP contribution in [0.4, 0.5) is 5.69 Å². The van der Waals surface area contributed by atoms with Gasteiger partial charge in [0.2, 0.25) is 0 Å². The van der Waals surface area contributed by atoms with E-state index in [1.807, 2.05) is 0 Å². The quantitative estimate of drug-likeness (QED) is 0.891. The van der Waals surface area contributed by atoms with Crippen LogP contribution in [0.2, 0.25) is 0 Å². The third-order valence-electron chi connectivity index (χ3n) is 5.02. The van der Waals surface area contributed by atoms with E-state index in [0.717, 1.165) is 6.04 Å². The largest absolute Gasteiger partial charge is 0.369 e. The van der Waals surface area contributed by atoms with Gasteiger partial charge in [0.1, 0.15) is 0 Å².